The highest BCUT2D eigenvalue weighted by molar-refractivity contribution is 7.93. The summed E-state index contributed by atoms with van der Waals surface area (Å²) in [6.07, 6.45) is 1.99. The van der Waals surface area contributed by atoms with Crippen molar-refractivity contribution in [2.24, 2.45) is 5.92 Å². The molecule has 1 aliphatic carbocycles. The summed E-state index contributed by atoms with van der Waals surface area (Å²) in [5.41, 5.74) is 3.24. The number of benzene rings is 2. The summed E-state index contributed by atoms with van der Waals surface area (Å²) in [4.78, 5) is 16.1. The van der Waals surface area contributed by atoms with Gasteiger partial charge in [0.15, 0.2) is 0 Å². The highest BCUT2D eigenvalue weighted by Gasteiger charge is 2.32. The number of carbonyl (C=O) groups excluding carboxylic acids is 1. The van der Waals surface area contributed by atoms with Crippen molar-refractivity contribution in [2.45, 2.75) is 30.3 Å². The number of carbonyl (C=O) groups is 1. The maximum Gasteiger partial charge on any atom is 0.427 e. The zero-order valence-electron chi connectivity index (χ0n) is 16.4. The molecule has 5 rings (SSSR count). The van der Waals surface area contributed by atoms with E-state index >= 15 is 0 Å². The molecule has 0 radical (unpaired) electrons. The van der Waals surface area contributed by atoms with E-state index in [1.165, 1.54) is 15.6 Å². The number of hydrogen-bond acceptors (Lipinski definition) is 6. The molecule has 1 amide bonds. The molecule has 1 saturated carbocycles. The van der Waals surface area contributed by atoms with Crippen LogP contribution in [0.15, 0.2) is 53.4 Å². The quantitative estimate of drug-likeness (QED) is 0.510. The van der Waals surface area contributed by atoms with E-state index in [4.69, 9.17) is 11.6 Å². The normalized spacial score (nSPS) is 18.7. The molecule has 1 aromatic heterocycles. The predicted octanol–water partition coefficient (Wildman–Crippen LogP) is 4.79. The third-order valence-corrected chi connectivity index (χ3v) is 9.13. The molecule has 162 valence electrons. The monoisotopic (exact) mass is 477 g/mol. The van der Waals surface area contributed by atoms with Gasteiger partial charge in [0.25, 0.3) is 10.0 Å². The van der Waals surface area contributed by atoms with E-state index in [2.05, 4.69) is 15.6 Å². The lowest BCUT2D eigenvalue weighted by atomic mass is 10.2. The lowest BCUT2D eigenvalue weighted by Gasteiger charge is -2.23. The van der Waals surface area contributed by atoms with Crippen molar-refractivity contribution in [2.75, 3.05) is 10.8 Å². The van der Waals surface area contributed by atoms with Crippen LogP contribution in [-0.2, 0) is 14.9 Å². The smallest absolute Gasteiger partial charge is 0.351 e. The molecule has 2 heterocycles. The number of nitrogens with zero attached hydrogens (tertiary/aromatic N) is 1. The molecule has 0 bridgehead atoms. The molecule has 2 aliphatic rings. The van der Waals surface area contributed by atoms with Gasteiger partial charge in [-0.3, -0.25) is 9.62 Å². The topological polar surface area (TPSA) is 87.7 Å². The van der Waals surface area contributed by atoms with Crippen molar-refractivity contribution in [3.8, 4) is 0 Å². The van der Waals surface area contributed by atoms with Crippen LogP contribution in [0.2, 0.25) is 5.02 Å². The molecule has 1 atom stereocenters. The second-order valence-corrected chi connectivity index (χ2v) is 11.0. The van der Waals surface area contributed by atoms with E-state index in [0.29, 0.717) is 28.0 Å². The molecule has 1 saturated heterocycles. The van der Waals surface area contributed by atoms with Gasteiger partial charge in [-0.15, -0.1) is 16.8 Å². The van der Waals surface area contributed by atoms with Gasteiger partial charge in [-0.05, 0) is 36.1 Å². The summed E-state index contributed by atoms with van der Waals surface area (Å²) in [6, 6.07) is 14.1. The Bertz CT molecular complexity index is 1240. The highest BCUT2D eigenvalue weighted by Crippen LogP contribution is 2.44. The third kappa shape index (κ3) is 3.98. The molecule has 1 unspecified atom stereocenters. The number of hydroxylamine groups is 1. The Morgan fingerprint density at radius 2 is 1.87 bits per heavy atom. The maximum atomic E-state index is 13.6. The fourth-order valence-corrected chi connectivity index (χ4v) is 6.91. The summed E-state index contributed by atoms with van der Waals surface area (Å²) in [6.45, 7) is 0.384. The van der Waals surface area contributed by atoms with Crippen LogP contribution in [-0.4, -0.2) is 21.1 Å². The standard InChI is InChI=1S/C21H20ClN3O4S2/c22-18-16-3-1-2-4-17(16)30-20(18)25(12-11-13-5-6-13)31(27,28)15-9-7-14(8-10-15)19-23-21(26)29-24-19/h1-4,7-10,13,19,24H,5-6,11-12H2,(H,23,26). The summed E-state index contributed by atoms with van der Waals surface area (Å²) >= 11 is 8.03. The van der Waals surface area contributed by atoms with Crippen LogP contribution in [0.5, 0.6) is 0 Å². The van der Waals surface area contributed by atoms with E-state index in [1.54, 1.807) is 24.3 Å². The van der Waals surface area contributed by atoms with E-state index < -0.39 is 22.3 Å². The van der Waals surface area contributed by atoms with Gasteiger partial charge < -0.3 is 4.84 Å². The van der Waals surface area contributed by atoms with Crippen LogP contribution in [0.4, 0.5) is 9.80 Å². The number of fused-ring (bicyclic) bond motifs is 1. The Balaban J connectivity index is 1.50. The second kappa shape index (κ2) is 7.98. The molecule has 2 N–H and O–H groups in total. The largest absolute Gasteiger partial charge is 0.427 e. The van der Waals surface area contributed by atoms with Crippen LogP contribution < -0.4 is 15.1 Å². The van der Waals surface area contributed by atoms with Gasteiger partial charge in [0.1, 0.15) is 11.2 Å². The Hall–Kier alpha value is -2.33. The number of thiophene rings is 1. The van der Waals surface area contributed by atoms with Crippen molar-refractivity contribution in [3.63, 3.8) is 0 Å². The molecule has 2 fully saturated rings. The minimum Gasteiger partial charge on any atom is -0.351 e. The molecule has 3 aromatic rings. The first-order valence-corrected chi connectivity index (χ1v) is 12.6. The van der Waals surface area contributed by atoms with Crippen LogP contribution in [0.1, 0.15) is 31.0 Å². The highest BCUT2D eigenvalue weighted by atomic mass is 35.5. The van der Waals surface area contributed by atoms with Crippen molar-refractivity contribution in [3.05, 3.63) is 59.1 Å². The van der Waals surface area contributed by atoms with Gasteiger partial charge in [-0.25, -0.2) is 13.2 Å². The van der Waals surface area contributed by atoms with Crippen LogP contribution in [0.3, 0.4) is 0 Å². The summed E-state index contributed by atoms with van der Waals surface area (Å²) < 4.78 is 29.7. The predicted molar refractivity (Wildman–Crippen MR) is 121 cm³/mol. The molecular weight excluding hydrogens is 458 g/mol. The van der Waals surface area contributed by atoms with E-state index in [0.717, 1.165) is 29.3 Å². The zero-order valence-corrected chi connectivity index (χ0v) is 18.8. The average Bonchev–Trinajstić information content (AvgIpc) is 3.41. The van der Waals surface area contributed by atoms with Gasteiger partial charge >= 0.3 is 6.09 Å². The number of sulfonamides is 1. The molecule has 2 aromatic carbocycles. The molecule has 0 spiro atoms. The second-order valence-electron chi connectivity index (χ2n) is 7.68. The van der Waals surface area contributed by atoms with E-state index in [1.807, 2.05) is 24.3 Å². The fourth-order valence-electron chi connectivity index (χ4n) is 3.60. The Morgan fingerprint density at radius 3 is 2.52 bits per heavy atom. The Kier molecular flexibility index (Phi) is 5.29. The van der Waals surface area contributed by atoms with Crippen molar-refractivity contribution >= 4 is 54.1 Å². The first-order valence-electron chi connectivity index (χ1n) is 9.96. The van der Waals surface area contributed by atoms with Gasteiger partial charge in [0.2, 0.25) is 0 Å². The van der Waals surface area contributed by atoms with E-state index in [-0.39, 0.29) is 4.90 Å². The Labute approximate surface area is 189 Å². The molecule has 31 heavy (non-hydrogen) atoms. The fraction of sp³-hybridized carbons (Fsp3) is 0.286. The lowest BCUT2D eigenvalue weighted by molar-refractivity contribution is 0.121. The van der Waals surface area contributed by atoms with Gasteiger partial charge in [0, 0.05) is 16.6 Å². The van der Waals surface area contributed by atoms with Gasteiger partial charge in [-0.2, -0.15) is 0 Å². The zero-order chi connectivity index (χ0) is 21.6. The SMILES string of the molecule is O=C1NC(c2ccc(S(=O)(=O)N(CCC3CC3)c3sc4ccccc4c3Cl)cc2)NO1. The number of rotatable bonds is 7. The third-order valence-electron chi connectivity index (χ3n) is 5.51. The van der Waals surface area contributed by atoms with Crippen LogP contribution >= 0.6 is 22.9 Å². The molecule has 10 heteroatoms. The first kappa shape index (κ1) is 20.6. The molecule has 7 nitrogen and oxygen atoms in total. The number of halogens is 1. The number of amides is 1. The summed E-state index contributed by atoms with van der Waals surface area (Å²) in [7, 11) is -3.82. The van der Waals surface area contributed by atoms with Gasteiger partial charge in [-0.1, -0.05) is 54.8 Å². The van der Waals surface area contributed by atoms with E-state index in [9.17, 15) is 13.2 Å². The van der Waals surface area contributed by atoms with Gasteiger partial charge in [0.05, 0.1) is 9.92 Å². The maximum absolute atomic E-state index is 13.6. The Morgan fingerprint density at radius 1 is 1.13 bits per heavy atom. The summed E-state index contributed by atoms with van der Waals surface area (Å²) in [5.74, 6) is 0.574. The number of anilines is 1. The minimum absolute atomic E-state index is 0.172. The van der Waals surface area contributed by atoms with Crippen LogP contribution in [0, 0.1) is 5.92 Å². The van der Waals surface area contributed by atoms with Crippen molar-refractivity contribution in [1.29, 1.82) is 0 Å². The number of hydrogen-bond donors (Lipinski definition) is 2. The first-order chi connectivity index (χ1) is 14.9. The lowest BCUT2D eigenvalue weighted by Crippen LogP contribution is -2.32. The van der Waals surface area contributed by atoms with Crippen molar-refractivity contribution in [1.82, 2.24) is 10.8 Å². The minimum atomic E-state index is -3.82. The molecular formula is C21H20ClN3O4S2. The number of nitrogens with one attached hydrogen (secondary N) is 2. The van der Waals surface area contributed by atoms with Crippen LogP contribution in [0.25, 0.3) is 10.1 Å². The average molecular weight is 478 g/mol. The molecule has 1 aliphatic heterocycles. The summed E-state index contributed by atoms with van der Waals surface area (Å²) in [5, 5.41) is 4.46. The van der Waals surface area contributed by atoms with Crippen molar-refractivity contribution < 1.29 is 18.0 Å².